The molecular formula is C8H16N4O2. The van der Waals surface area contributed by atoms with Crippen LogP contribution in [0.4, 0.5) is 4.79 Å². The summed E-state index contributed by atoms with van der Waals surface area (Å²) in [6.07, 6.45) is 0. The molecule has 0 aromatic rings. The Morgan fingerprint density at radius 3 is 2.93 bits per heavy atom. The average Bonchev–Trinajstić information content (AvgIpc) is 2.01. The van der Waals surface area contributed by atoms with Crippen molar-refractivity contribution in [3.05, 3.63) is 0 Å². The molecule has 1 aliphatic heterocycles. The number of amides is 3. The number of carbonyl (C=O) groups excluding carboxylic acids is 2. The summed E-state index contributed by atoms with van der Waals surface area (Å²) in [7, 11) is 0. The normalized spacial score (nSPS) is 23.1. The van der Waals surface area contributed by atoms with Crippen LogP contribution in [0.1, 0.15) is 6.92 Å². The van der Waals surface area contributed by atoms with Crippen molar-refractivity contribution >= 4 is 11.9 Å². The quantitative estimate of drug-likeness (QED) is 0.505. The Hall–Kier alpha value is -1.14. The molecule has 14 heavy (non-hydrogen) atoms. The van der Waals surface area contributed by atoms with Crippen molar-refractivity contribution in [2.45, 2.75) is 13.0 Å². The maximum atomic E-state index is 11.2. The lowest BCUT2D eigenvalue weighted by Crippen LogP contribution is -2.52. The molecule has 1 fully saturated rings. The molecule has 1 rings (SSSR count). The smallest absolute Gasteiger partial charge is 0.318 e. The van der Waals surface area contributed by atoms with Gasteiger partial charge in [0, 0.05) is 25.7 Å². The van der Waals surface area contributed by atoms with E-state index in [9.17, 15) is 9.59 Å². The zero-order valence-electron chi connectivity index (χ0n) is 8.25. The number of imide groups is 1. The number of carbonyl (C=O) groups is 2. The lowest BCUT2D eigenvalue weighted by Gasteiger charge is -2.30. The highest BCUT2D eigenvalue weighted by Crippen LogP contribution is 1.97. The van der Waals surface area contributed by atoms with E-state index in [2.05, 4.69) is 12.2 Å². The fraction of sp³-hybridized carbons (Fsp3) is 0.750. The Bertz CT molecular complexity index is 231. The maximum absolute atomic E-state index is 11.2. The highest BCUT2D eigenvalue weighted by molar-refractivity contribution is 5.94. The minimum atomic E-state index is -0.793. The van der Waals surface area contributed by atoms with Gasteiger partial charge in [-0.25, -0.2) is 4.79 Å². The number of nitrogens with one attached hydrogen (secondary N) is 2. The van der Waals surface area contributed by atoms with Crippen molar-refractivity contribution in [1.82, 2.24) is 15.5 Å². The topological polar surface area (TPSA) is 87.5 Å². The lowest BCUT2D eigenvalue weighted by atomic mass is 10.2. The van der Waals surface area contributed by atoms with Crippen LogP contribution >= 0.6 is 0 Å². The Labute approximate surface area is 82.8 Å². The summed E-state index contributed by atoms with van der Waals surface area (Å²) < 4.78 is 0. The first-order valence-corrected chi connectivity index (χ1v) is 4.63. The van der Waals surface area contributed by atoms with Crippen LogP contribution in [0.3, 0.4) is 0 Å². The van der Waals surface area contributed by atoms with E-state index in [1.54, 1.807) is 0 Å². The van der Waals surface area contributed by atoms with Crippen molar-refractivity contribution < 1.29 is 9.59 Å². The van der Waals surface area contributed by atoms with Gasteiger partial charge >= 0.3 is 6.03 Å². The van der Waals surface area contributed by atoms with Gasteiger partial charge in [0.2, 0.25) is 5.91 Å². The molecular weight excluding hydrogens is 184 g/mol. The van der Waals surface area contributed by atoms with Gasteiger partial charge in [-0.1, -0.05) is 0 Å². The number of hydrogen-bond acceptors (Lipinski definition) is 4. The summed E-state index contributed by atoms with van der Waals surface area (Å²) in [4.78, 5) is 23.5. The van der Waals surface area contributed by atoms with E-state index in [4.69, 9.17) is 5.73 Å². The predicted octanol–water partition coefficient (Wildman–Crippen LogP) is -1.52. The number of hydrogen-bond donors (Lipinski definition) is 3. The lowest BCUT2D eigenvalue weighted by molar-refractivity contribution is -0.121. The van der Waals surface area contributed by atoms with Gasteiger partial charge in [-0.05, 0) is 6.92 Å². The minimum absolute atomic E-state index is 0.231. The maximum Gasteiger partial charge on any atom is 0.318 e. The molecule has 1 atom stereocenters. The summed E-state index contributed by atoms with van der Waals surface area (Å²) in [5.74, 6) is -0.341. The van der Waals surface area contributed by atoms with Crippen LogP contribution in [0.2, 0.25) is 0 Å². The number of rotatable bonds is 2. The number of primary amides is 1. The third kappa shape index (κ3) is 3.71. The summed E-state index contributed by atoms with van der Waals surface area (Å²) in [6, 6.07) is -0.414. The van der Waals surface area contributed by atoms with E-state index in [0.29, 0.717) is 6.04 Å². The van der Waals surface area contributed by atoms with Crippen LogP contribution in [0.5, 0.6) is 0 Å². The van der Waals surface area contributed by atoms with Gasteiger partial charge in [0.1, 0.15) is 0 Å². The molecule has 0 aliphatic carbocycles. The van der Waals surface area contributed by atoms with Crippen LogP contribution < -0.4 is 16.4 Å². The summed E-state index contributed by atoms with van der Waals surface area (Å²) in [5, 5.41) is 5.30. The van der Waals surface area contributed by atoms with Crippen molar-refractivity contribution in [2.75, 3.05) is 26.2 Å². The van der Waals surface area contributed by atoms with Gasteiger partial charge in [0.25, 0.3) is 0 Å². The van der Waals surface area contributed by atoms with E-state index in [1.165, 1.54) is 0 Å². The minimum Gasteiger partial charge on any atom is -0.351 e. The van der Waals surface area contributed by atoms with Crippen molar-refractivity contribution in [1.29, 1.82) is 0 Å². The molecule has 0 saturated carbocycles. The van der Waals surface area contributed by atoms with Gasteiger partial charge in [0.15, 0.2) is 0 Å². The molecule has 1 heterocycles. The highest BCUT2D eigenvalue weighted by Gasteiger charge is 2.18. The largest absolute Gasteiger partial charge is 0.351 e. The number of urea groups is 1. The van der Waals surface area contributed by atoms with Crippen LogP contribution in [-0.2, 0) is 4.79 Å². The molecule has 3 amide bonds. The fourth-order valence-electron chi connectivity index (χ4n) is 1.54. The summed E-state index contributed by atoms with van der Waals surface area (Å²) in [5.41, 5.74) is 4.82. The molecule has 0 radical (unpaired) electrons. The molecule has 4 N–H and O–H groups in total. The first-order valence-electron chi connectivity index (χ1n) is 4.63. The van der Waals surface area contributed by atoms with Crippen LogP contribution in [0.25, 0.3) is 0 Å². The van der Waals surface area contributed by atoms with Gasteiger partial charge in [0.05, 0.1) is 6.54 Å². The molecule has 1 unspecified atom stereocenters. The SMILES string of the molecule is CC1CN(CC(=O)NC(N)=O)CCN1. The molecule has 80 valence electrons. The first-order chi connectivity index (χ1) is 6.58. The second-order valence-corrected chi connectivity index (χ2v) is 3.50. The molecule has 6 heteroatoms. The van der Waals surface area contributed by atoms with E-state index in [0.717, 1.165) is 19.6 Å². The standard InChI is InChI=1S/C8H16N4O2/c1-6-4-12(3-2-10-6)5-7(13)11-8(9)14/h6,10H,2-5H2,1H3,(H3,9,11,13,14). The zero-order chi connectivity index (χ0) is 10.6. The predicted molar refractivity (Wildman–Crippen MR) is 51.6 cm³/mol. The fourth-order valence-corrected chi connectivity index (χ4v) is 1.54. The summed E-state index contributed by atoms with van der Waals surface area (Å²) >= 11 is 0. The van der Waals surface area contributed by atoms with Gasteiger partial charge in [-0.3, -0.25) is 15.0 Å². The second-order valence-electron chi connectivity index (χ2n) is 3.50. The zero-order valence-corrected chi connectivity index (χ0v) is 8.25. The first kappa shape index (κ1) is 10.9. The van der Waals surface area contributed by atoms with E-state index in [-0.39, 0.29) is 12.5 Å². The molecule has 6 nitrogen and oxygen atoms in total. The molecule has 0 aromatic carbocycles. The Morgan fingerprint density at radius 2 is 2.36 bits per heavy atom. The second kappa shape index (κ2) is 4.92. The van der Waals surface area contributed by atoms with Crippen LogP contribution in [0.15, 0.2) is 0 Å². The Kier molecular flexibility index (Phi) is 3.84. The number of nitrogens with zero attached hydrogens (tertiary/aromatic N) is 1. The van der Waals surface area contributed by atoms with Crippen LogP contribution in [0, 0.1) is 0 Å². The van der Waals surface area contributed by atoms with Crippen molar-refractivity contribution in [3.8, 4) is 0 Å². The van der Waals surface area contributed by atoms with Gasteiger partial charge < -0.3 is 11.1 Å². The van der Waals surface area contributed by atoms with E-state index < -0.39 is 6.03 Å². The third-order valence-corrected chi connectivity index (χ3v) is 2.08. The molecule has 1 saturated heterocycles. The average molecular weight is 200 g/mol. The third-order valence-electron chi connectivity index (χ3n) is 2.08. The molecule has 0 bridgehead atoms. The highest BCUT2D eigenvalue weighted by atomic mass is 16.2. The summed E-state index contributed by atoms with van der Waals surface area (Å²) in [6.45, 7) is 4.78. The van der Waals surface area contributed by atoms with Crippen LogP contribution in [-0.4, -0.2) is 49.1 Å². The molecule has 0 spiro atoms. The molecule has 1 aliphatic rings. The monoisotopic (exact) mass is 200 g/mol. The van der Waals surface area contributed by atoms with Gasteiger partial charge in [-0.2, -0.15) is 0 Å². The number of nitrogens with two attached hydrogens (primary N) is 1. The van der Waals surface area contributed by atoms with Crippen molar-refractivity contribution in [2.24, 2.45) is 5.73 Å². The Morgan fingerprint density at radius 1 is 1.64 bits per heavy atom. The molecule has 0 aromatic heterocycles. The van der Waals surface area contributed by atoms with Crippen molar-refractivity contribution in [3.63, 3.8) is 0 Å². The van der Waals surface area contributed by atoms with E-state index in [1.807, 2.05) is 10.2 Å². The van der Waals surface area contributed by atoms with E-state index >= 15 is 0 Å². The van der Waals surface area contributed by atoms with Gasteiger partial charge in [-0.15, -0.1) is 0 Å². The number of piperazine rings is 1. The Balaban J connectivity index is 2.28.